The summed E-state index contributed by atoms with van der Waals surface area (Å²) < 4.78 is 0. The van der Waals surface area contributed by atoms with E-state index in [1.165, 1.54) is 0 Å². The highest BCUT2D eigenvalue weighted by Crippen LogP contribution is 2.43. The predicted molar refractivity (Wildman–Crippen MR) is 103 cm³/mol. The molecule has 2 aromatic rings. The van der Waals surface area contributed by atoms with Gasteiger partial charge in [-0.2, -0.15) is 0 Å². The Morgan fingerprint density at radius 3 is 2.35 bits per heavy atom. The maximum atomic E-state index is 13.0. The van der Waals surface area contributed by atoms with Crippen LogP contribution in [0.3, 0.4) is 0 Å². The van der Waals surface area contributed by atoms with E-state index in [1.54, 1.807) is 17.0 Å². The summed E-state index contributed by atoms with van der Waals surface area (Å²) >= 11 is 0. The van der Waals surface area contributed by atoms with Crippen molar-refractivity contribution in [3.63, 3.8) is 0 Å². The van der Waals surface area contributed by atoms with Crippen LogP contribution in [0.25, 0.3) is 0 Å². The van der Waals surface area contributed by atoms with Crippen LogP contribution in [0.2, 0.25) is 0 Å². The molecule has 1 amide bonds. The molecule has 1 unspecified atom stereocenters. The van der Waals surface area contributed by atoms with Crippen LogP contribution < -0.4 is 4.90 Å². The first-order chi connectivity index (χ1) is 12.3. The minimum atomic E-state index is -1.80. The fourth-order valence-electron chi connectivity index (χ4n) is 4.06. The lowest BCUT2D eigenvalue weighted by Crippen LogP contribution is -2.42. The first-order valence-electron chi connectivity index (χ1n) is 9.04. The van der Waals surface area contributed by atoms with Crippen molar-refractivity contribution in [3.8, 4) is 0 Å². The molecule has 0 aromatic heterocycles. The number of hydrogen-bond acceptors (Lipinski definition) is 3. The number of aliphatic hydroxyl groups is 1. The van der Waals surface area contributed by atoms with Crippen molar-refractivity contribution in [2.45, 2.75) is 46.1 Å². The van der Waals surface area contributed by atoms with E-state index in [2.05, 4.69) is 0 Å². The number of carbonyl (C=O) groups is 2. The topological polar surface area (TPSA) is 57.6 Å². The third-order valence-electron chi connectivity index (χ3n) is 5.06. The van der Waals surface area contributed by atoms with E-state index in [1.807, 2.05) is 52.0 Å². The zero-order valence-electron chi connectivity index (χ0n) is 15.8. The van der Waals surface area contributed by atoms with Gasteiger partial charge in [-0.3, -0.25) is 9.59 Å². The minimum Gasteiger partial charge on any atom is -0.375 e. The van der Waals surface area contributed by atoms with E-state index < -0.39 is 11.5 Å². The van der Waals surface area contributed by atoms with E-state index >= 15 is 0 Å². The molecule has 1 aliphatic rings. The fourth-order valence-corrected chi connectivity index (χ4v) is 4.06. The number of anilines is 1. The zero-order chi connectivity index (χ0) is 19.1. The molecule has 0 bridgehead atoms. The summed E-state index contributed by atoms with van der Waals surface area (Å²) in [6, 6.07) is 11.1. The lowest BCUT2D eigenvalue weighted by molar-refractivity contribution is -0.135. The molecule has 3 rings (SSSR count). The van der Waals surface area contributed by atoms with Crippen LogP contribution in [0.1, 0.15) is 52.4 Å². The molecule has 1 heterocycles. The molecule has 1 atom stereocenters. The number of ketones is 1. The molecule has 0 saturated carbocycles. The van der Waals surface area contributed by atoms with Crippen LogP contribution in [0.5, 0.6) is 0 Å². The molecule has 0 fully saturated rings. The Morgan fingerprint density at radius 1 is 1.12 bits per heavy atom. The second-order valence-corrected chi connectivity index (χ2v) is 7.21. The maximum Gasteiger partial charge on any atom is 0.264 e. The highest BCUT2D eigenvalue weighted by molar-refractivity contribution is 6.11. The average molecular weight is 351 g/mol. The molecule has 4 nitrogen and oxygen atoms in total. The summed E-state index contributed by atoms with van der Waals surface area (Å²) in [7, 11) is 0. The molecule has 2 aromatic carbocycles. The fraction of sp³-hybridized carbons (Fsp3) is 0.364. The predicted octanol–water partition coefficient (Wildman–Crippen LogP) is 3.83. The minimum absolute atomic E-state index is 0.205. The quantitative estimate of drug-likeness (QED) is 0.833. The first-order valence-corrected chi connectivity index (χ1v) is 9.04. The number of carbonyl (C=O) groups excluding carboxylic acids is 2. The highest BCUT2D eigenvalue weighted by Gasteiger charge is 2.50. The number of aryl methyl sites for hydroxylation is 3. The molecular formula is C22H25NO3. The molecule has 0 saturated heterocycles. The number of rotatable bonds is 5. The van der Waals surface area contributed by atoms with Crippen molar-refractivity contribution in [1.82, 2.24) is 0 Å². The van der Waals surface area contributed by atoms with Crippen molar-refractivity contribution < 1.29 is 14.7 Å². The second kappa shape index (κ2) is 6.69. The van der Waals surface area contributed by atoms with Crippen LogP contribution >= 0.6 is 0 Å². The molecule has 0 spiro atoms. The average Bonchev–Trinajstić information content (AvgIpc) is 2.77. The Bertz CT molecular complexity index is 864. The van der Waals surface area contributed by atoms with Crippen LogP contribution in [0.4, 0.5) is 5.69 Å². The van der Waals surface area contributed by atoms with Gasteiger partial charge in [-0.1, -0.05) is 42.8 Å². The SMILES string of the molecule is CCCN1C(=O)C(O)(CC(=O)c2c(C)cc(C)cc2C)c2ccccc21. The van der Waals surface area contributed by atoms with Crippen LogP contribution in [0, 0.1) is 20.8 Å². The highest BCUT2D eigenvalue weighted by atomic mass is 16.3. The van der Waals surface area contributed by atoms with Crippen molar-refractivity contribution in [2.75, 3.05) is 11.4 Å². The van der Waals surface area contributed by atoms with Gasteiger partial charge in [0.15, 0.2) is 11.4 Å². The number of nitrogens with zero attached hydrogens (tertiary/aromatic N) is 1. The van der Waals surface area contributed by atoms with Crippen molar-refractivity contribution >= 4 is 17.4 Å². The number of amides is 1. The Labute approximate surface area is 154 Å². The molecule has 0 radical (unpaired) electrons. The van der Waals surface area contributed by atoms with Gasteiger partial charge in [0.2, 0.25) is 0 Å². The lowest BCUT2D eigenvalue weighted by atomic mass is 9.85. The van der Waals surface area contributed by atoms with Gasteiger partial charge in [0.05, 0.1) is 12.1 Å². The van der Waals surface area contributed by atoms with Crippen LogP contribution in [0.15, 0.2) is 36.4 Å². The number of para-hydroxylation sites is 1. The van der Waals surface area contributed by atoms with Crippen LogP contribution in [-0.4, -0.2) is 23.3 Å². The molecule has 26 heavy (non-hydrogen) atoms. The van der Waals surface area contributed by atoms with E-state index in [-0.39, 0.29) is 12.2 Å². The smallest absolute Gasteiger partial charge is 0.264 e. The molecular weight excluding hydrogens is 326 g/mol. The summed E-state index contributed by atoms with van der Waals surface area (Å²) in [5.41, 5.74) is 2.86. The third kappa shape index (κ3) is 2.84. The number of hydrogen-bond donors (Lipinski definition) is 1. The van der Waals surface area contributed by atoms with Crippen molar-refractivity contribution in [1.29, 1.82) is 0 Å². The largest absolute Gasteiger partial charge is 0.375 e. The Hall–Kier alpha value is -2.46. The summed E-state index contributed by atoms with van der Waals surface area (Å²) in [6.45, 7) is 8.28. The summed E-state index contributed by atoms with van der Waals surface area (Å²) in [4.78, 5) is 27.6. The lowest BCUT2D eigenvalue weighted by Gasteiger charge is -2.23. The number of fused-ring (bicyclic) bond motifs is 1. The third-order valence-corrected chi connectivity index (χ3v) is 5.06. The Kier molecular flexibility index (Phi) is 4.72. The van der Waals surface area contributed by atoms with Gasteiger partial charge in [0.1, 0.15) is 0 Å². The van der Waals surface area contributed by atoms with Crippen LogP contribution in [-0.2, 0) is 10.4 Å². The normalized spacial score (nSPS) is 19.0. The first kappa shape index (κ1) is 18.3. The van der Waals surface area contributed by atoms with Gasteiger partial charge in [-0.25, -0.2) is 0 Å². The monoisotopic (exact) mass is 351 g/mol. The Balaban J connectivity index is 2.02. The molecule has 1 aliphatic heterocycles. The standard InChI is InChI=1S/C22H25NO3/c1-5-10-23-18-9-7-6-8-17(18)22(26,21(23)25)13-19(24)20-15(3)11-14(2)12-16(20)4/h6-9,11-12,26H,5,10,13H2,1-4H3. The summed E-state index contributed by atoms with van der Waals surface area (Å²) in [5, 5.41) is 11.3. The van der Waals surface area contributed by atoms with E-state index in [0.29, 0.717) is 23.4 Å². The molecule has 136 valence electrons. The van der Waals surface area contributed by atoms with Gasteiger partial charge in [-0.15, -0.1) is 0 Å². The number of benzene rings is 2. The van der Waals surface area contributed by atoms with E-state index in [4.69, 9.17) is 0 Å². The summed E-state index contributed by atoms with van der Waals surface area (Å²) in [5.74, 6) is -0.611. The van der Waals surface area contributed by atoms with E-state index in [0.717, 1.165) is 23.1 Å². The van der Waals surface area contributed by atoms with Gasteiger partial charge >= 0.3 is 0 Å². The van der Waals surface area contributed by atoms with Gasteiger partial charge in [0, 0.05) is 17.7 Å². The van der Waals surface area contributed by atoms with Gasteiger partial charge in [-0.05, 0) is 44.4 Å². The van der Waals surface area contributed by atoms with Crippen molar-refractivity contribution in [3.05, 3.63) is 64.2 Å². The maximum absolute atomic E-state index is 13.0. The second-order valence-electron chi connectivity index (χ2n) is 7.21. The molecule has 0 aliphatic carbocycles. The summed E-state index contributed by atoms with van der Waals surface area (Å²) in [6.07, 6.45) is 0.536. The zero-order valence-corrected chi connectivity index (χ0v) is 15.8. The van der Waals surface area contributed by atoms with Gasteiger partial charge < -0.3 is 10.0 Å². The number of Topliss-reactive ketones (excluding diaryl/α,β-unsaturated/α-hetero) is 1. The van der Waals surface area contributed by atoms with E-state index in [9.17, 15) is 14.7 Å². The van der Waals surface area contributed by atoms with Gasteiger partial charge in [0.25, 0.3) is 5.91 Å². The Morgan fingerprint density at radius 2 is 1.73 bits per heavy atom. The van der Waals surface area contributed by atoms with Crippen molar-refractivity contribution in [2.24, 2.45) is 0 Å². The molecule has 4 heteroatoms. The molecule has 1 N–H and O–H groups in total.